The summed E-state index contributed by atoms with van der Waals surface area (Å²) in [5, 5.41) is 12.7. The number of hydrogen-bond donors (Lipinski definition) is 0. The van der Waals surface area contributed by atoms with Crippen molar-refractivity contribution < 1.29 is 28.8 Å². The average molecular weight is 518 g/mol. The van der Waals surface area contributed by atoms with E-state index in [-0.39, 0.29) is 11.4 Å². The molecule has 0 radical (unpaired) electrons. The molecule has 0 unspecified atom stereocenters. The first-order valence-corrected chi connectivity index (χ1v) is 12.5. The minimum atomic E-state index is -1.06. The van der Waals surface area contributed by atoms with E-state index in [1.807, 2.05) is 62.4 Å². The predicted octanol–water partition coefficient (Wildman–Crippen LogP) is 4.83. The summed E-state index contributed by atoms with van der Waals surface area (Å²) in [5.41, 5.74) is 1.54. The van der Waals surface area contributed by atoms with Gasteiger partial charge < -0.3 is 9.47 Å². The van der Waals surface area contributed by atoms with Crippen LogP contribution in [-0.2, 0) is 14.4 Å². The summed E-state index contributed by atoms with van der Waals surface area (Å²) in [7, 11) is 0. The van der Waals surface area contributed by atoms with E-state index in [1.54, 1.807) is 5.06 Å². The lowest BCUT2D eigenvalue weighted by molar-refractivity contribution is -0.384. The number of benzene rings is 3. The maximum atomic E-state index is 13.8. The third-order valence-corrected chi connectivity index (χ3v) is 6.52. The number of ether oxygens (including phenoxy) is 2. The summed E-state index contributed by atoms with van der Waals surface area (Å²) in [6.07, 6.45) is -0.223. The first kappa shape index (κ1) is 25.2. The molecule has 2 amide bonds. The van der Waals surface area contributed by atoms with Crippen molar-refractivity contribution >= 4 is 28.9 Å². The van der Waals surface area contributed by atoms with Crippen LogP contribution < -0.4 is 19.4 Å². The summed E-state index contributed by atoms with van der Waals surface area (Å²) < 4.78 is 11.7. The van der Waals surface area contributed by atoms with E-state index in [0.717, 1.165) is 16.9 Å². The third kappa shape index (κ3) is 4.43. The van der Waals surface area contributed by atoms with Gasteiger partial charge in [-0.05, 0) is 55.3 Å². The number of anilines is 2. The quantitative estimate of drug-likeness (QED) is 0.225. The zero-order valence-corrected chi connectivity index (χ0v) is 21.0. The number of non-ortho nitro benzene ring substituents is 1. The molecule has 5 rings (SSSR count). The van der Waals surface area contributed by atoms with Gasteiger partial charge in [-0.3, -0.25) is 24.5 Å². The van der Waals surface area contributed by atoms with Crippen molar-refractivity contribution in [1.29, 1.82) is 0 Å². The zero-order valence-electron chi connectivity index (χ0n) is 21.0. The van der Waals surface area contributed by atoms with Crippen molar-refractivity contribution in [3.8, 4) is 11.5 Å². The summed E-state index contributed by atoms with van der Waals surface area (Å²) >= 11 is 0. The first-order valence-electron chi connectivity index (χ1n) is 12.5. The second-order valence-corrected chi connectivity index (χ2v) is 8.93. The standard InChI is InChI=1S/C28H27N3O7/c1-3-16-37-22-15-10-18(17-23(22)36-4-2)25-24-26(38-30(25)20-8-6-5-7-9-20)28(33)29(27(24)32)19-11-13-21(14-12-19)31(34)35/h5-15,17,24-26H,3-4,16H2,1-2H3/t24-,25+,26-/m1/s1. The van der Waals surface area contributed by atoms with Gasteiger partial charge >= 0.3 is 0 Å². The van der Waals surface area contributed by atoms with Crippen molar-refractivity contribution in [2.45, 2.75) is 32.4 Å². The highest BCUT2D eigenvalue weighted by atomic mass is 16.7. The van der Waals surface area contributed by atoms with Gasteiger partial charge in [-0.2, -0.15) is 0 Å². The summed E-state index contributed by atoms with van der Waals surface area (Å²) in [4.78, 5) is 45.0. The normalized spacial score (nSPS) is 20.5. The number of nitro groups is 1. The van der Waals surface area contributed by atoms with Gasteiger partial charge in [-0.25, -0.2) is 9.96 Å². The van der Waals surface area contributed by atoms with Crippen LogP contribution in [0.15, 0.2) is 72.8 Å². The Balaban J connectivity index is 1.55. The molecule has 2 fully saturated rings. The molecule has 0 aromatic heterocycles. The molecule has 3 aromatic carbocycles. The number of amides is 2. The van der Waals surface area contributed by atoms with Gasteiger partial charge in [0.05, 0.1) is 35.6 Å². The Kier molecular flexibility index (Phi) is 6.97. The van der Waals surface area contributed by atoms with Crippen LogP contribution in [0.1, 0.15) is 31.9 Å². The fraction of sp³-hybridized carbons (Fsp3) is 0.286. The van der Waals surface area contributed by atoms with Crippen LogP contribution in [-0.4, -0.2) is 36.1 Å². The fourth-order valence-electron chi connectivity index (χ4n) is 4.84. The molecular weight excluding hydrogens is 490 g/mol. The van der Waals surface area contributed by atoms with Gasteiger partial charge in [-0.15, -0.1) is 0 Å². The van der Waals surface area contributed by atoms with Crippen LogP contribution in [0.5, 0.6) is 11.5 Å². The number of nitro benzene ring substituents is 1. The number of nitrogens with zero attached hydrogens (tertiary/aromatic N) is 3. The van der Waals surface area contributed by atoms with Crippen LogP contribution in [0.3, 0.4) is 0 Å². The minimum absolute atomic E-state index is 0.133. The molecular formula is C28H27N3O7. The number of rotatable bonds is 9. The lowest BCUT2D eigenvalue weighted by Crippen LogP contribution is -2.37. The third-order valence-electron chi connectivity index (χ3n) is 6.52. The largest absolute Gasteiger partial charge is 0.490 e. The van der Waals surface area contributed by atoms with E-state index in [2.05, 4.69) is 0 Å². The van der Waals surface area contributed by atoms with Gasteiger partial charge in [0.1, 0.15) is 5.92 Å². The highest BCUT2D eigenvalue weighted by Crippen LogP contribution is 2.48. The van der Waals surface area contributed by atoms with E-state index in [0.29, 0.717) is 30.4 Å². The Morgan fingerprint density at radius 3 is 2.29 bits per heavy atom. The lowest BCUT2D eigenvalue weighted by Gasteiger charge is -2.29. The predicted molar refractivity (Wildman–Crippen MR) is 139 cm³/mol. The molecule has 3 aromatic rings. The first-order chi connectivity index (χ1) is 18.4. The van der Waals surface area contributed by atoms with Crippen molar-refractivity contribution in [2.75, 3.05) is 23.2 Å². The van der Waals surface area contributed by atoms with Crippen LogP contribution in [0.4, 0.5) is 17.1 Å². The maximum absolute atomic E-state index is 13.8. The van der Waals surface area contributed by atoms with Crippen molar-refractivity contribution in [1.82, 2.24) is 0 Å². The van der Waals surface area contributed by atoms with E-state index < -0.39 is 34.8 Å². The number of para-hydroxylation sites is 1. The average Bonchev–Trinajstić information content (AvgIpc) is 3.44. The topological polar surface area (TPSA) is 111 Å². The Hall–Kier alpha value is -4.44. The molecule has 10 nitrogen and oxygen atoms in total. The number of fused-ring (bicyclic) bond motifs is 1. The zero-order chi connectivity index (χ0) is 26.8. The lowest BCUT2D eigenvalue weighted by atomic mass is 9.90. The molecule has 2 aliphatic heterocycles. The molecule has 10 heteroatoms. The number of carbonyl (C=O) groups is 2. The highest BCUT2D eigenvalue weighted by Gasteiger charge is 2.60. The van der Waals surface area contributed by atoms with Crippen molar-refractivity contribution in [3.63, 3.8) is 0 Å². The number of carbonyl (C=O) groups excluding carboxylic acids is 2. The van der Waals surface area contributed by atoms with Crippen LogP contribution in [0, 0.1) is 16.0 Å². The molecule has 38 heavy (non-hydrogen) atoms. The number of hydroxylamine groups is 1. The van der Waals surface area contributed by atoms with E-state index >= 15 is 0 Å². The molecule has 2 aliphatic rings. The monoisotopic (exact) mass is 517 g/mol. The highest BCUT2D eigenvalue weighted by molar-refractivity contribution is 6.24. The van der Waals surface area contributed by atoms with Gasteiger partial charge in [0.2, 0.25) is 5.91 Å². The van der Waals surface area contributed by atoms with E-state index in [9.17, 15) is 19.7 Å². The van der Waals surface area contributed by atoms with Crippen LogP contribution >= 0.6 is 0 Å². The Morgan fingerprint density at radius 2 is 1.63 bits per heavy atom. The molecule has 2 saturated heterocycles. The summed E-state index contributed by atoms with van der Waals surface area (Å²) in [5.74, 6) is -0.680. The van der Waals surface area contributed by atoms with Crippen molar-refractivity contribution in [3.05, 3.63) is 88.5 Å². The SMILES string of the molecule is CCCOc1ccc([C@H]2[C@H]3C(=O)N(c4ccc([N+](=O)[O-])cc4)C(=O)[C@@H]3ON2c2ccccc2)cc1OCC. The van der Waals surface area contributed by atoms with Gasteiger partial charge in [0.25, 0.3) is 11.6 Å². The molecule has 0 spiro atoms. The smallest absolute Gasteiger partial charge is 0.269 e. The molecule has 2 heterocycles. The van der Waals surface area contributed by atoms with Crippen LogP contribution in [0.2, 0.25) is 0 Å². The molecule has 0 bridgehead atoms. The minimum Gasteiger partial charge on any atom is -0.490 e. The number of hydrogen-bond acceptors (Lipinski definition) is 8. The second kappa shape index (κ2) is 10.5. The van der Waals surface area contributed by atoms with Gasteiger partial charge in [0.15, 0.2) is 17.6 Å². The Bertz CT molecular complexity index is 1350. The molecule has 3 atom stereocenters. The molecule has 196 valence electrons. The van der Waals surface area contributed by atoms with Gasteiger partial charge in [0, 0.05) is 12.1 Å². The number of imide groups is 1. The fourth-order valence-corrected chi connectivity index (χ4v) is 4.84. The summed E-state index contributed by atoms with van der Waals surface area (Å²) in [6, 6.07) is 19.4. The molecule has 0 saturated carbocycles. The molecule has 0 N–H and O–H groups in total. The van der Waals surface area contributed by atoms with E-state index in [4.69, 9.17) is 14.3 Å². The summed E-state index contributed by atoms with van der Waals surface area (Å²) in [6.45, 7) is 4.85. The van der Waals surface area contributed by atoms with E-state index in [1.165, 1.54) is 24.3 Å². The van der Waals surface area contributed by atoms with Crippen molar-refractivity contribution in [2.24, 2.45) is 5.92 Å². The molecule has 0 aliphatic carbocycles. The second-order valence-electron chi connectivity index (χ2n) is 8.93. The Labute approximate surface area is 219 Å². The van der Waals surface area contributed by atoms with Crippen LogP contribution in [0.25, 0.3) is 0 Å². The van der Waals surface area contributed by atoms with Gasteiger partial charge in [-0.1, -0.05) is 31.2 Å². The Morgan fingerprint density at radius 1 is 0.895 bits per heavy atom. The maximum Gasteiger partial charge on any atom is 0.269 e.